The van der Waals surface area contributed by atoms with E-state index in [1.165, 1.54) is 38.5 Å². The molecule has 148 valence electrons. The lowest BCUT2D eigenvalue weighted by atomic mass is 10.2. The van der Waals surface area contributed by atoms with Crippen molar-refractivity contribution in [3.63, 3.8) is 0 Å². The molecule has 26 heavy (non-hydrogen) atoms. The van der Waals surface area contributed by atoms with Gasteiger partial charge in [-0.05, 0) is 48.2 Å². The van der Waals surface area contributed by atoms with Crippen molar-refractivity contribution in [2.24, 2.45) is 13.5 Å². The molecular formula is C14H28Cl2N7P3. The molecule has 5 aliphatic rings. The monoisotopic (exact) mass is 457 g/mol. The lowest BCUT2D eigenvalue weighted by molar-refractivity contribution is 0.365. The summed E-state index contributed by atoms with van der Waals surface area (Å²) >= 11 is 14.6. The van der Waals surface area contributed by atoms with Crippen LogP contribution in [0.2, 0.25) is 0 Å². The quantitative estimate of drug-likeness (QED) is 0.388. The summed E-state index contributed by atoms with van der Waals surface area (Å²) in [6, 6.07) is 0. The largest absolute Gasteiger partial charge is 0.240 e. The maximum atomic E-state index is 7.32. The SMILES string of the molecule is Cl[P@@]1(N2CCCCC2)=NP(N2CC2)(N2CC2)=N[P@@](Cl)(N2CCCCC2)=N1. The summed E-state index contributed by atoms with van der Waals surface area (Å²) in [7, 11) is -2.11. The van der Waals surface area contributed by atoms with E-state index in [0.717, 1.165) is 52.4 Å². The van der Waals surface area contributed by atoms with Crippen LogP contribution >= 0.6 is 43.4 Å². The van der Waals surface area contributed by atoms with Crippen LogP contribution in [0.3, 0.4) is 0 Å². The number of rotatable bonds is 4. The number of piperidine rings is 2. The van der Waals surface area contributed by atoms with Crippen molar-refractivity contribution in [1.29, 1.82) is 0 Å². The molecule has 0 spiro atoms. The molecule has 0 aromatic rings. The van der Waals surface area contributed by atoms with Gasteiger partial charge >= 0.3 is 0 Å². The van der Waals surface area contributed by atoms with E-state index in [2.05, 4.69) is 18.7 Å². The summed E-state index contributed by atoms with van der Waals surface area (Å²) in [5.74, 6) is 0. The summed E-state index contributed by atoms with van der Waals surface area (Å²) in [4.78, 5) is 0. The number of hydrogen-bond donors (Lipinski definition) is 0. The second-order valence-electron chi connectivity index (χ2n) is 7.73. The Bertz CT molecular complexity index is 697. The number of hydrogen-bond acceptors (Lipinski definition) is 7. The van der Waals surface area contributed by atoms with Crippen molar-refractivity contribution in [2.45, 2.75) is 38.5 Å². The molecule has 2 atom stereocenters. The first-order valence-electron chi connectivity index (χ1n) is 9.87. The lowest BCUT2D eigenvalue weighted by Crippen LogP contribution is -2.28. The van der Waals surface area contributed by atoms with Gasteiger partial charge in [-0.15, -0.1) is 0 Å². The Balaban J connectivity index is 1.65. The first-order valence-corrected chi connectivity index (χ1v) is 16.6. The maximum absolute atomic E-state index is 7.32. The Labute approximate surface area is 166 Å². The van der Waals surface area contributed by atoms with E-state index in [-0.39, 0.29) is 0 Å². The molecule has 4 saturated heterocycles. The highest BCUT2D eigenvalue weighted by Crippen LogP contribution is 2.86. The molecule has 12 heteroatoms. The molecule has 5 heterocycles. The van der Waals surface area contributed by atoms with Crippen molar-refractivity contribution in [2.75, 3.05) is 52.4 Å². The van der Waals surface area contributed by atoms with Gasteiger partial charge in [0.1, 0.15) is 0 Å². The molecule has 5 aliphatic heterocycles. The maximum Gasteiger partial charge on any atom is 0.239 e. The highest BCUT2D eigenvalue weighted by molar-refractivity contribution is 8.02. The molecule has 5 rings (SSSR count). The molecular weight excluding hydrogens is 430 g/mol. The Morgan fingerprint density at radius 3 is 1.31 bits per heavy atom. The van der Waals surface area contributed by atoms with Crippen molar-refractivity contribution in [1.82, 2.24) is 18.7 Å². The van der Waals surface area contributed by atoms with E-state index in [9.17, 15) is 0 Å². The van der Waals surface area contributed by atoms with E-state index in [4.69, 9.17) is 36.0 Å². The van der Waals surface area contributed by atoms with Crippen LogP contribution in [0.15, 0.2) is 13.5 Å². The summed E-state index contributed by atoms with van der Waals surface area (Å²) in [5.41, 5.74) is 0. The van der Waals surface area contributed by atoms with Gasteiger partial charge in [-0.1, -0.05) is 12.8 Å². The minimum Gasteiger partial charge on any atom is -0.240 e. The minimum absolute atomic E-state index is 1.00. The van der Waals surface area contributed by atoms with E-state index in [1.54, 1.807) is 0 Å². The van der Waals surface area contributed by atoms with E-state index >= 15 is 0 Å². The Hall–Kier alpha value is 1.11. The predicted molar refractivity (Wildman–Crippen MR) is 114 cm³/mol. The van der Waals surface area contributed by atoms with Gasteiger partial charge in [-0.25, -0.2) is 18.7 Å². The van der Waals surface area contributed by atoms with Crippen LogP contribution in [-0.2, 0) is 0 Å². The second kappa shape index (κ2) is 7.11. The first kappa shape index (κ1) is 19.1. The van der Waals surface area contributed by atoms with Gasteiger partial charge in [0.15, 0.2) is 0 Å². The van der Waals surface area contributed by atoms with Crippen LogP contribution in [0.1, 0.15) is 38.5 Å². The zero-order valence-electron chi connectivity index (χ0n) is 15.1. The van der Waals surface area contributed by atoms with Crippen LogP contribution in [0, 0.1) is 0 Å². The predicted octanol–water partition coefficient (Wildman–Crippen LogP) is 5.92. The second-order valence-corrected chi connectivity index (χ2v) is 17.9. The van der Waals surface area contributed by atoms with Gasteiger partial charge in [0, 0.05) is 52.4 Å². The van der Waals surface area contributed by atoms with Gasteiger partial charge in [0.25, 0.3) is 0 Å². The summed E-state index contributed by atoms with van der Waals surface area (Å²) in [6.45, 7) is 3.36. The van der Waals surface area contributed by atoms with E-state index in [1.807, 2.05) is 0 Å². The minimum atomic E-state index is -2.47. The van der Waals surface area contributed by atoms with Crippen molar-refractivity contribution in [3.8, 4) is 0 Å². The summed E-state index contributed by atoms with van der Waals surface area (Å²) in [6.07, 6.45) is 7.31. The van der Waals surface area contributed by atoms with E-state index < -0.39 is 20.9 Å². The molecule has 0 unspecified atom stereocenters. The average molecular weight is 458 g/mol. The fraction of sp³-hybridized carbons (Fsp3) is 1.00. The van der Waals surface area contributed by atoms with E-state index in [0.29, 0.717) is 0 Å². The fourth-order valence-corrected chi connectivity index (χ4v) is 20.4. The topological polar surface area (TPSA) is 49.6 Å². The number of nitrogens with zero attached hydrogens (tertiary/aromatic N) is 7. The first-order chi connectivity index (χ1) is 12.5. The third-order valence-electron chi connectivity index (χ3n) is 5.69. The third-order valence-corrected chi connectivity index (χ3v) is 19.5. The average Bonchev–Trinajstić information content (AvgIpc) is 3.55. The fourth-order valence-electron chi connectivity index (χ4n) is 4.02. The molecule has 0 amide bonds. The van der Waals surface area contributed by atoms with Gasteiger partial charge in [0.2, 0.25) is 20.9 Å². The van der Waals surface area contributed by atoms with Crippen LogP contribution in [0.5, 0.6) is 0 Å². The van der Waals surface area contributed by atoms with Crippen LogP contribution in [-0.4, -0.2) is 71.0 Å². The van der Waals surface area contributed by atoms with Crippen LogP contribution in [0.4, 0.5) is 0 Å². The van der Waals surface area contributed by atoms with Crippen molar-refractivity contribution < 1.29 is 0 Å². The molecule has 0 saturated carbocycles. The normalized spacial score (nSPS) is 41.8. The Kier molecular flexibility index (Phi) is 5.22. The highest BCUT2D eigenvalue weighted by Gasteiger charge is 2.52. The van der Waals surface area contributed by atoms with Gasteiger partial charge < -0.3 is 0 Å². The number of halogens is 2. The summed E-state index contributed by atoms with van der Waals surface area (Å²) in [5, 5.41) is 0. The van der Waals surface area contributed by atoms with Crippen LogP contribution in [0.25, 0.3) is 0 Å². The standard InChI is InChI=1S/C14H28Cl2N7P3/c15-24(20-7-3-1-4-8-20)17-25(16,21-9-5-2-6-10-21)19-26(18-24,22-11-12-22)23-13-14-23/h1-14H2/t24-,25-/m0/s1. The van der Waals surface area contributed by atoms with Gasteiger partial charge in [0.05, 0.1) is 0 Å². The zero-order valence-corrected chi connectivity index (χ0v) is 19.3. The molecule has 0 radical (unpaired) electrons. The molecule has 7 nitrogen and oxygen atoms in total. The van der Waals surface area contributed by atoms with Gasteiger partial charge in [-0.2, -0.15) is 13.5 Å². The molecule has 4 fully saturated rings. The molecule has 0 aromatic heterocycles. The van der Waals surface area contributed by atoms with Gasteiger partial charge in [-0.3, -0.25) is 0 Å². The lowest BCUT2D eigenvalue weighted by Gasteiger charge is -2.41. The molecule has 0 aliphatic carbocycles. The smallest absolute Gasteiger partial charge is 0.239 e. The highest BCUT2D eigenvalue weighted by atomic mass is 35.7. The summed E-state index contributed by atoms with van der Waals surface area (Å²) < 4.78 is 25.4. The zero-order chi connectivity index (χ0) is 17.8. The Morgan fingerprint density at radius 2 is 0.885 bits per heavy atom. The third kappa shape index (κ3) is 3.44. The van der Waals surface area contributed by atoms with Crippen LogP contribution < -0.4 is 0 Å². The molecule has 0 N–H and O–H groups in total. The van der Waals surface area contributed by atoms with Crippen molar-refractivity contribution in [3.05, 3.63) is 0 Å². The molecule has 0 aromatic carbocycles. The van der Waals surface area contributed by atoms with Crippen molar-refractivity contribution >= 4 is 43.4 Å². The molecule has 0 bridgehead atoms. The Morgan fingerprint density at radius 1 is 0.462 bits per heavy atom.